The number of imide groups is 1. The summed E-state index contributed by atoms with van der Waals surface area (Å²) in [5, 5.41) is 4.61. The van der Waals surface area contributed by atoms with Gasteiger partial charge in [0.2, 0.25) is 11.8 Å². The third-order valence-electron chi connectivity index (χ3n) is 6.10. The number of hydroxylamine groups is 2. The molecule has 150 valence electrons. The minimum atomic E-state index is -0.855. The zero-order chi connectivity index (χ0) is 19.8. The van der Waals surface area contributed by atoms with Crippen LogP contribution in [0.25, 0.3) is 0 Å². The number of nitrogens with zero attached hydrogens (tertiary/aromatic N) is 2. The Morgan fingerprint density at radius 3 is 2.46 bits per heavy atom. The molecule has 3 unspecified atom stereocenters. The lowest BCUT2D eigenvalue weighted by molar-refractivity contribution is -0.182. The number of carbonyl (C=O) groups excluding carboxylic acids is 3. The predicted molar refractivity (Wildman–Crippen MR) is 102 cm³/mol. The molecule has 4 rings (SSSR count). The van der Waals surface area contributed by atoms with E-state index < -0.39 is 18.1 Å². The Morgan fingerprint density at radius 1 is 1.11 bits per heavy atom. The van der Waals surface area contributed by atoms with Crippen LogP contribution in [0.3, 0.4) is 0 Å². The van der Waals surface area contributed by atoms with Crippen molar-refractivity contribution in [1.29, 1.82) is 0 Å². The van der Waals surface area contributed by atoms with E-state index in [4.69, 9.17) is 4.84 Å². The van der Waals surface area contributed by atoms with Gasteiger partial charge < -0.3 is 5.32 Å². The highest BCUT2D eigenvalue weighted by Gasteiger charge is 2.58. The first kappa shape index (κ1) is 19.1. The molecule has 1 aromatic carbocycles. The van der Waals surface area contributed by atoms with Crippen molar-refractivity contribution in [2.45, 2.75) is 57.2 Å². The zero-order valence-corrected chi connectivity index (χ0v) is 16.4. The number of benzene rings is 1. The van der Waals surface area contributed by atoms with E-state index in [0.717, 1.165) is 41.7 Å². The molecular formula is C21H27N3O4. The van der Waals surface area contributed by atoms with Crippen molar-refractivity contribution in [3.63, 3.8) is 0 Å². The second-order valence-electron chi connectivity index (χ2n) is 8.12. The molecule has 1 N–H and O–H groups in total. The molecule has 0 aromatic heterocycles. The fourth-order valence-electron chi connectivity index (χ4n) is 4.54. The topological polar surface area (TPSA) is 79.0 Å². The summed E-state index contributed by atoms with van der Waals surface area (Å²) in [6, 6.07) is 7.56. The van der Waals surface area contributed by atoms with E-state index in [9.17, 15) is 14.4 Å². The van der Waals surface area contributed by atoms with E-state index in [1.165, 1.54) is 18.5 Å². The molecule has 1 aliphatic carbocycles. The van der Waals surface area contributed by atoms with Crippen molar-refractivity contribution in [1.82, 2.24) is 15.3 Å². The molecule has 3 atom stereocenters. The van der Waals surface area contributed by atoms with Crippen LogP contribution >= 0.6 is 0 Å². The highest BCUT2D eigenvalue weighted by atomic mass is 16.7. The number of aryl methyl sites for hydroxylation is 1. The Hall–Kier alpha value is -2.25. The minimum Gasteiger partial charge on any atom is -0.352 e. The van der Waals surface area contributed by atoms with E-state index in [1.807, 2.05) is 31.2 Å². The first-order chi connectivity index (χ1) is 13.5. The summed E-state index contributed by atoms with van der Waals surface area (Å²) in [7, 11) is 1.48. The molecule has 2 aliphatic heterocycles. The third kappa shape index (κ3) is 3.44. The summed E-state index contributed by atoms with van der Waals surface area (Å²) < 4.78 is 0. The summed E-state index contributed by atoms with van der Waals surface area (Å²) in [5.41, 5.74) is 1.98. The van der Waals surface area contributed by atoms with Crippen molar-refractivity contribution < 1.29 is 19.2 Å². The Kier molecular flexibility index (Phi) is 5.21. The van der Waals surface area contributed by atoms with Crippen LogP contribution in [0.4, 0.5) is 0 Å². The van der Waals surface area contributed by atoms with E-state index in [-0.39, 0.29) is 30.3 Å². The first-order valence-corrected chi connectivity index (χ1v) is 10.1. The Morgan fingerprint density at radius 2 is 1.79 bits per heavy atom. The summed E-state index contributed by atoms with van der Waals surface area (Å²) in [5.74, 6) is -1.35. The number of nitrogens with one attached hydrogen (secondary N) is 1. The lowest BCUT2D eigenvalue weighted by Gasteiger charge is -2.28. The van der Waals surface area contributed by atoms with Crippen molar-refractivity contribution in [3.8, 4) is 0 Å². The van der Waals surface area contributed by atoms with Crippen LogP contribution in [0.15, 0.2) is 24.3 Å². The maximum Gasteiger partial charge on any atom is 0.261 e. The number of rotatable bonds is 4. The van der Waals surface area contributed by atoms with Gasteiger partial charge in [-0.05, 0) is 25.3 Å². The molecule has 3 fully saturated rings. The fourth-order valence-corrected chi connectivity index (χ4v) is 4.54. The summed E-state index contributed by atoms with van der Waals surface area (Å²) >= 11 is 0. The smallest absolute Gasteiger partial charge is 0.261 e. The predicted octanol–water partition coefficient (Wildman–Crippen LogP) is 1.72. The quantitative estimate of drug-likeness (QED) is 0.799. The van der Waals surface area contributed by atoms with Crippen LogP contribution in [-0.4, -0.2) is 53.4 Å². The Bertz CT molecular complexity index is 772. The van der Waals surface area contributed by atoms with Crippen molar-refractivity contribution in [3.05, 3.63) is 35.4 Å². The highest BCUT2D eigenvalue weighted by Crippen LogP contribution is 2.44. The van der Waals surface area contributed by atoms with Gasteiger partial charge in [-0.2, -0.15) is 5.06 Å². The van der Waals surface area contributed by atoms with Gasteiger partial charge in [-0.25, -0.2) is 0 Å². The highest BCUT2D eigenvalue weighted by molar-refractivity contribution is 6.07. The van der Waals surface area contributed by atoms with Crippen LogP contribution < -0.4 is 5.32 Å². The van der Waals surface area contributed by atoms with Crippen LogP contribution in [0, 0.1) is 12.8 Å². The van der Waals surface area contributed by atoms with Gasteiger partial charge in [0.05, 0.1) is 12.0 Å². The molecule has 0 radical (unpaired) electrons. The van der Waals surface area contributed by atoms with Crippen molar-refractivity contribution in [2.24, 2.45) is 5.92 Å². The molecule has 7 heteroatoms. The molecule has 2 saturated heterocycles. The van der Waals surface area contributed by atoms with Gasteiger partial charge in [-0.15, -0.1) is 0 Å². The average Bonchev–Trinajstić information content (AvgIpc) is 3.14. The molecule has 3 amide bonds. The number of amides is 3. The number of likely N-dealkylation sites (N-methyl/N-ethyl adjacent to an activating group) is 1. The molecule has 3 aliphatic rings. The lowest BCUT2D eigenvalue weighted by atomic mass is 9.90. The monoisotopic (exact) mass is 385 g/mol. The second kappa shape index (κ2) is 7.64. The van der Waals surface area contributed by atoms with Gasteiger partial charge >= 0.3 is 0 Å². The van der Waals surface area contributed by atoms with Crippen molar-refractivity contribution >= 4 is 17.7 Å². The molecule has 28 heavy (non-hydrogen) atoms. The average molecular weight is 385 g/mol. The van der Waals surface area contributed by atoms with Crippen LogP contribution in [0.2, 0.25) is 0 Å². The molecule has 0 bridgehead atoms. The molecule has 2 heterocycles. The number of hydrogen-bond acceptors (Lipinski definition) is 5. The first-order valence-electron chi connectivity index (χ1n) is 10.1. The maximum atomic E-state index is 12.7. The molecule has 1 aromatic rings. The Labute approximate surface area is 165 Å². The third-order valence-corrected chi connectivity index (χ3v) is 6.10. The van der Waals surface area contributed by atoms with Crippen LogP contribution in [0.1, 0.15) is 49.3 Å². The van der Waals surface area contributed by atoms with Gasteiger partial charge in [0, 0.05) is 13.1 Å². The van der Waals surface area contributed by atoms with E-state index in [0.29, 0.717) is 0 Å². The molecule has 7 nitrogen and oxygen atoms in total. The number of carbonyl (C=O) groups is 3. The molecular weight excluding hydrogens is 358 g/mol. The molecule has 0 spiro atoms. The van der Waals surface area contributed by atoms with Gasteiger partial charge in [-0.3, -0.25) is 24.1 Å². The Balaban J connectivity index is 1.54. The maximum absolute atomic E-state index is 12.7. The van der Waals surface area contributed by atoms with Gasteiger partial charge in [0.15, 0.2) is 6.10 Å². The second-order valence-corrected chi connectivity index (χ2v) is 8.12. The van der Waals surface area contributed by atoms with E-state index in [2.05, 4.69) is 5.32 Å². The molecule has 1 saturated carbocycles. The number of likely N-dealkylation sites (tertiary alicyclic amines) is 1. The summed E-state index contributed by atoms with van der Waals surface area (Å²) in [4.78, 5) is 44.7. The van der Waals surface area contributed by atoms with Gasteiger partial charge in [0.1, 0.15) is 6.54 Å². The number of hydrogen-bond donors (Lipinski definition) is 1. The SMILES string of the molecule is Cc1ccc(C2C3C(=O)N(C)C(=O)C3ON2CC(=O)NC2CCCCC2)cc1. The zero-order valence-electron chi connectivity index (χ0n) is 16.4. The van der Waals surface area contributed by atoms with Crippen LogP contribution in [-0.2, 0) is 19.2 Å². The van der Waals surface area contributed by atoms with E-state index in [1.54, 1.807) is 0 Å². The summed E-state index contributed by atoms with van der Waals surface area (Å²) in [6.07, 6.45) is 4.64. The summed E-state index contributed by atoms with van der Waals surface area (Å²) in [6.45, 7) is 2.00. The normalized spacial score (nSPS) is 28.6. The van der Waals surface area contributed by atoms with Crippen LogP contribution in [0.5, 0.6) is 0 Å². The lowest BCUT2D eigenvalue weighted by Crippen LogP contribution is -2.44. The largest absolute Gasteiger partial charge is 0.352 e. The van der Waals surface area contributed by atoms with Gasteiger partial charge in [0.25, 0.3) is 5.91 Å². The fraction of sp³-hybridized carbons (Fsp3) is 0.571. The van der Waals surface area contributed by atoms with Gasteiger partial charge in [-0.1, -0.05) is 49.1 Å². The minimum absolute atomic E-state index is 0.00627. The number of fused-ring (bicyclic) bond motifs is 1. The van der Waals surface area contributed by atoms with Crippen molar-refractivity contribution in [2.75, 3.05) is 13.6 Å². The van der Waals surface area contributed by atoms with E-state index >= 15 is 0 Å². The standard InChI is InChI=1S/C21H27N3O4/c1-13-8-10-14(11-9-13)18-17-19(21(27)23(2)20(17)26)28-24(18)12-16(25)22-15-6-4-3-5-7-15/h8-11,15,17-19H,3-7,12H2,1-2H3,(H,22,25).